The van der Waals surface area contributed by atoms with Crippen LogP contribution in [0, 0.1) is 5.82 Å². The van der Waals surface area contributed by atoms with Crippen LogP contribution in [0.2, 0.25) is 0 Å². The van der Waals surface area contributed by atoms with Gasteiger partial charge in [-0.2, -0.15) is 0 Å². The summed E-state index contributed by atoms with van der Waals surface area (Å²) in [5.41, 5.74) is -0.111. The number of benzene rings is 3. The molecule has 1 amide bonds. The molecule has 0 unspecified atom stereocenters. The fourth-order valence-electron chi connectivity index (χ4n) is 3.83. The minimum Gasteiger partial charge on any atom is -0.506 e. The maximum atomic E-state index is 13.7. The van der Waals surface area contributed by atoms with Gasteiger partial charge in [-0.1, -0.05) is 0 Å². The second kappa shape index (κ2) is 9.38. The number of hydrogen-bond donors (Lipinski definition) is 1. The van der Waals surface area contributed by atoms with Crippen molar-refractivity contribution < 1.29 is 28.5 Å². The van der Waals surface area contributed by atoms with Crippen LogP contribution >= 0.6 is 0 Å². The van der Waals surface area contributed by atoms with Crippen LogP contribution in [0.15, 0.2) is 65.5 Å². The smallest absolute Gasteiger partial charge is 0.272 e. The fourth-order valence-corrected chi connectivity index (χ4v) is 3.83. The van der Waals surface area contributed by atoms with E-state index in [1.54, 1.807) is 30.3 Å². The van der Waals surface area contributed by atoms with Crippen molar-refractivity contribution in [3.8, 4) is 28.7 Å². The number of carbonyl (C=O) groups excluding carboxylic acids is 1. The Labute approximate surface area is 200 Å². The number of ether oxygens (including phenoxy) is 3. The maximum Gasteiger partial charge on any atom is 0.272 e. The fraction of sp³-hybridized carbons (Fsp3) is 0.154. The topological polar surface area (TPSA) is 90.2 Å². The highest BCUT2D eigenvalue weighted by molar-refractivity contribution is 6.10. The van der Waals surface area contributed by atoms with Gasteiger partial charge in [0.25, 0.3) is 11.5 Å². The number of carbonyl (C=O) groups is 1. The summed E-state index contributed by atoms with van der Waals surface area (Å²) in [6, 6.07) is 14.9. The van der Waals surface area contributed by atoms with Crippen LogP contribution in [0.4, 0.5) is 10.1 Å². The molecule has 0 spiro atoms. The van der Waals surface area contributed by atoms with Gasteiger partial charge < -0.3 is 24.2 Å². The molecule has 0 aliphatic heterocycles. The first-order chi connectivity index (χ1) is 16.8. The van der Waals surface area contributed by atoms with E-state index < -0.39 is 28.6 Å². The number of amides is 1. The molecule has 9 heteroatoms. The standard InChI is InChI=1S/C26H23FN2O6/c1-28(16-7-5-15(27)6-8-16)25(31)23-24(30)19-13-21(34-3)22(35-4)14-20(19)29(26(23)32)17-9-11-18(33-2)12-10-17/h5-14,30H,1-4H3. The summed E-state index contributed by atoms with van der Waals surface area (Å²) in [6.07, 6.45) is 0. The van der Waals surface area contributed by atoms with Crippen molar-refractivity contribution in [3.63, 3.8) is 0 Å². The van der Waals surface area contributed by atoms with Crippen molar-refractivity contribution in [2.24, 2.45) is 0 Å². The lowest BCUT2D eigenvalue weighted by Gasteiger charge is -2.21. The van der Waals surface area contributed by atoms with Crippen LogP contribution in [-0.2, 0) is 0 Å². The zero-order valence-corrected chi connectivity index (χ0v) is 19.5. The first-order valence-electron chi connectivity index (χ1n) is 10.5. The van der Waals surface area contributed by atoms with Crippen molar-refractivity contribution in [2.75, 3.05) is 33.3 Å². The number of aromatic nitrogens is 1. The molecular formula is C26H23FN2O6. The molecule has 0 atom stereocenters. The summed E-state index contributed by atoms with van der Waals surface area (Å²) in [5, 5.41) is 11.3. The van der Waals surface area contributed by atoms with Gasteiger partial charge in [0, 0.05) is 29.9 Å². The van der Waals surface area contributed by atoms with E-state index in [1.807, 2.05) is 0 Å². The molecule has 4 rings (SSSR count). The van der Waals surface area contributed by atoms with Crippen molar-refractivity contribution >= 4 is 22.5 Å². The van der Waals surface area contributed by atoms with Crippen LogP contribution < -0.4 is 24.7 Å². The van der Waals surface area contributed by atoms with E-state index >= 15 is 0 Å². The number of pyridine rings is 1. The highest BCUT2D eigenvalue weighted by Crippen LogP contribution is 2.38. The van der Waals surface area contributed by atoms with Crippen molar-refractivity contribution in [1.82, 2.24) is 4.57 Å². The molecule has 0 radical (unpaired) electrons. The van der Waals surface area contributed by atoms with E-state index in [0.29, 0.717) is 34.1 Å². The highest BCUT2D eigenvalue weighted by atomic mass is 19.1. The lowest BCUT2D eigenvalue weighted by atomic mass is 10.1. The minimum absolute atomic E-state index is 0.203. The largest absolute Gasteiger partial charge is 0.506 e. The van der Waals surface area contributed by atoms with E-state index in [0.717, 1.165) is 0 Å². The monoisotopic (exact) mass is 478 g/mol. The third-order valence-corrected chi connectivity index (χ3v) is 5.71. The summed E-state index contributed by atoms with van der Waals surface area (Å²) < 4.78 is 30.6. The number of halogens is 1. The number of anilines is 1. The quantitative estimate of drug-likeness (QED) is 0.448. The first-order valence-corrected chi connectivity index (χ1v) is 10.5. The van der Waals surface area contributed by atoms with Crippen LogP contribution in [0.3, 0.4) is 0 Å². The second-order valence-corrected chi connectivity index (χ2v) is 7.63. The predicted molar refractivity (Wildman–Crippen MR) is 130 cm³/mol. The Morgan fingerprint density at radius 3 is 2.09 bits per heavy atom. The van der Waals surface area contributed by atoms with Crippen molar-refractivity contribution in [2.45, 2.75) is 0 Å². The summed E-state index contributed by atoms with van der Waals surface area (Å²) >= 11 is 0. The molecule has 0 aliphatic carbocycles. The molecule has 0 fully saturated rings. The van der Waals surface area contributed by atoms with Crippen LogP contribution in [0.5, 0.6) is 23.0 Å². The number of nitrogens with zero attached hydrogens (tertiary/aromatic N) is 2. The first kappa shape index (κ1) is 23.6. The molecule has 1 aromatic heterocycles. The van der Waals surface area contributed by atoms with Crippen molar-refractivity contribution in [1.29, 1.82) is 0 Å². The molecule has 0 aliphatic rings. The van der Waals surface area contributed by atoms with Crippen LogP contribution in [0.1, 0.15) is 10.4 Å². The third-order valence-electron chi connectivity index (χ3n) is 5.71. The third kappa shape index (κ3) is 4.12. The van der Waals surface area contributed by atoms with E-state index in [4.69, 9.17) is 14.2 Å². The average Bonchev–Trinajstić information content (AvgIpc) is 2.88. The SMILES string of the molecule is COc1ccc(-n2c(=O)c(C(=O)N(C)c3ccc(F)cc3)c(O)c3cc(OC)c(OC)cc32)cc1. The Morgan fingerprint density at radius 1 is 0.914 bits per heavy atom. The molecule has 3 aromatic carbocycles. The summed E-state index contributed by atoms with van der Waals surface area (Å²) in [7, 11) is 5.85. The van der Waals surface area contributed by atoms with Gasteiger partial charge >= 0.3 is 0 Å². The second-order valence-electron chi connectivity index (χ2n) is 7.63. The van der Waals surface area contributed by atoms with E-state index in [9.17, 15) is 19.1 Å². The molecule has 180 valence electrons. The molecule has 0 saturated heterocycles. The molecule has 0 bridgehead atoms. The summed E-state index contributed by atoms with van der Waals surface area (Å²) in [4.78, 5) is 28.4. The molecule has 35 heavy (non-hydrogen) atoms. The summed E-state index contributed by atoms with van der Waals surface area (Å²) in [5.74, 6) is -0.514. The van der Waals surface area contributed by atoms with Crippen molar-refractivity contribution in [3.05, 3.63) is 82.4 Å². The van der Waals surface area contributed by atoms with Crippen LogP contribution in [0.25, 0.3) is 16.6 Å². The normalized spacial score (nSPS) is 10.8. The van der Waals surface area contributed by atoms with E-state index in [1.165, 1.54) is 68.2 Å². The number of rotatable bonds is 6. The van der Waals surface area contributed by atoms with Gasteiger partial charge in [-0.05, 0) is 54.6 Å². The van der Waals surface area contributed by atoms with Gasteiger partial charge in [0.2, 0.25) is 0 Å². The molecule has 4 aromatic rings. The Bertz CT molecular complexity index is 1460. The zero-order valence-electron chi connectivity index (χ0n) is 19.5. The van der Waals surface area contributed by atoms with Gasteiger partial charge in [-0.15, -0.1) is 0 Å². The molecule has 1 N–H and O–H groups in total. The summed E-state index contributed by atoms with van der Waals surface area (Å²) in [6.45, 7) is 0. The lowest BCUT2D eigenvalue weighted by molar-refractivity contribution is 0.0989. The van der Waals surface area contributed by atoms with E-state index in [-0.39, 0.29) is 5.39 Å². The van der Waals surface area contributed by atoms with Crippen LogP contribution in [-0.4, -0.2) is 44.0 Å². The van der Waals surface area contributed by atoms with Gasteiger partial charge in [0.1, 0.15) is 22.9 Å². The Kier molecular flexibility index (Phi) is 6.33. The average molecular weight is 478 g/mol. The molecule has 1 heterocycles. The molecule has 8 nitrogen and oxygen atoms in total. The Morgan fingerprint density at radius 2 is 1.51 bits per heavy atom. The number of fused-ring (bicyclic) bond motifs is 1. The Balaban J connectivity index is 2.03. The number of methoxy groups -OCH3 is 3. The molecular weight excluding hydrogens is 455 g/mol. The minimum atomic E-state index is -0.766. The van der Waals surface area contributed by atoms with Gasteiger partial charge in [0.15, 0.2) is 11.5 Å². The lowest BCUT2D eigenvalue weighted by Crippen LogP contribution is -2.34. The van der Waals surface area contributed by atoms with E-state index in [2.05, 4.69) is 0 Å². The number of hydrogen-bond acceptors (Lipinski definition) is 6. The van der Waals surface area contributed by atoms with Gasteiger partial charge in [-0.25, -0.2) is 4.39 Å². The zero-order chi connectivity index (χ0) is 25.3. The Hall–Kier alpha value is -4.53. The highest BCUT2D eigenvalue weighted by Gasteiger charge is 2.27. The maximum absolute atomic E-state index is 13.7. The van der Waals surface area contributed by atoms with Gasteiger partial charge in [0.05, 0.1) is 26.8 Å². The predicted octanol–water partition coefficient (Wildman–Crippen LogP) is 4.14. The van der Waals surface area contributed by atoms with Gasteiger partial charge in [-0.3, -0.25) is 14.2 Å². The number of aromatic hydroxyl groups is 1. The molecule has 0 saturated carbocycles.